The number of halogens is 3. The summed E-state index contributed by atoms with van der Waals surface area (Å²) in [4.78, 5) is 24.4. The lowest BCUT2D eigenvalue weighted by molar-refractivity contribution is -0.141. The van der Waals surface area contributed by atoms with Crippen molar-refractivity contribution in [2.75, 3.05) is 11.9 Å². The molecule has 0 aliphatic carbocycles. The number of rotatable bonds is 5. The summed E-state index contributed by atoms with van der Waals surface area (Å²) in [6.45, 7) is 4.59. The minimum absolute atomic E-state index is 0.0445. The van der Waals surface area contributed by atoms with Crippen LogP contribution >= 0.6 is 0 Å². The highest BCUT2D eigenvalue weighted by molar-refractivity contribution is 6.01. The highest BCUT2D eigenvalue weighted by Gasteiger charge is 2.35. The van der Waals surface area contributed by atoms with E-state index in [1.807, 2.05) is 0 Å². The van der Waals surface area contributed by atoms with E-state index in [0.717, 1.165) is 10.7 Å². The first kappa shape index (κ1) is 19.5. The summed E-state index contributed by atoms with van der Waals surface area (Å²) in [7, 11) is 1.50. The van der Waals surface area contributed by atoms with E-state index in [2.05, 4.69) is 15.5 Å². The predicted molar refractivity (Wildman–Crippen MR) is 84.5 cm³/mol. The Morgan fingerprint density at radius 1 is 1.38 bits per heavy atom. The van der Waals surface area contributed by atoms with Crippen molar-refractivity contribution in [2.24, 2.45) is 7.05 Å². The molecule has 0 radical (unpaired) electrons. The van der Waals surface area contributed by atoms with Crippen LogP contribution in [-0.4, -0.2) is 38.0 Å². The Hall–Kier alpha value is -2.85. The largest absolute Gasteiger partial charge is 0.462 e. The molecule has 0 fully saturated rings. The topological polar surface area (TPSA) is 91.0 Å². The van der Waals surface area contributed by atoms with Crippen molar-refractivity contribution >= 4 is 17.7 Å². The number of alkyl halides is 3. The van der Waals surface area contributed by atoms with Gasteiger partial charge >= 0.3 is 12.1 Å². The van der Waals surface area contributed by atoms with E-state index in [4.69, 9.17) is 4.74 Å². The SMILES string of the molecule is CCOC(=O)c1cnn(C)c1NC(=O)C(C)n1nc(C(F)(F)F)cc1C. The quantitative estimate of drug-likeness (QED) is 0.813. The van der Waals surface area contributed by atoms with Crippen LogP contribution < -0.4 is 5.32 Å². The maximum atomic E-state index is 12.8. The Bertz CT molecular complexity index is 825. The van der Waals surface area contributed by atoms with Crippen LogP contribution in [0.3, 0.4) is 0 Å². The Labute approximate surface area is 146 Å². The van der Waals surface area contributed by atoms with Crippen molar-refractivity contribution in [1.82, 2.24) is 19.6 Å². The average Bonchev–Trinajstić information content (AvgIpc) is 3.10. The highest BCUT2D eigenvalue weighted by atomic mass is 19.4. The number of ether oxygens (including phenoxy) is 1. The molecule has 8 nitrogen and oxygen atoms in total. The van der Waals surface area contributed by atoms with Gasteiger partial charge in [0, 0.05) is 12.7 Å². The van der Waals surface area contributed by atoms with E-state index in [1.54, 1.807) is 6.92 Å². The standard InChI is InChI=1S/C15H18F3N5O3/c1-5-26-14(25)10-7-19-22(4)12(10)20-13(24)9(3)23-8(2)6-11(21-23)15(16,17)18/h6-7,9H,5H2,1-4H3,(H,20,24). The van der Waals surface area contributed by atoms with Gasteiger partial charge in [0.25, 0.3) is 0 Å². The van der Waals surface area contributed by atoms with E-state index in [-0.39, 0.29) is 23.7 Å². The third-order valence-electron chi connectivity index (χ3n) is 3.63. The summed E-state index contributed by atoms with van der Waals surface area (Å²) >= 11 is 0. The molecule has 2 aromatic rings. The van der Waals surface area contributed by atoms with E-state index < -0.39 is 29.8 Å². The van der Waals surface area contributed by atoms with Crippen molar-refractivity contribution in [3.63, 3.8) is 0 Å². The van der Waals surface area contributed by atoms with Gasteiger partial charge in [-0.25, -0.2) is 4.79 Å². The number of carbonyl (C=O) groups excluding carboxylic acids is 2. The Morgan fingerprint density at radius 2 is 2.04 bits per heavy atom. The number of aryl methyl sites for hydroxylation is 2. The van der Waals surface area contributed by atoms with E-state index in [9.17, 15) is 22.8 Å². The molecule has 0 aliphatic heterocycles. The minimum atomic E-state index is -4.61. The molecule has 11 heteroatoms. The highest BCUT2D eigenvalue weighted by Crippen LogP contribution is 2.29. The van der Waals surface area contributed by atoms with E-state index >= 15 is 0 Å². The second-order valence-corrected chi connectivity index (χ2v) is 5.53. The summed E-state index contributed by atoms with van der Waals surface area (Å²) in [5.74, 6) is -1.24. The lowest BCUT2D eigenvalue weighted by Crippen LogP contribution is -2.27. The first-order valence-electron chi connectivity index (χ1n) is 7.69. The second-order valence-electron chi connectivity index (χ2n) is 5.53. The van der Waals surface area contributed by atoms with Crippen molar-refractivity contribution in [3.05, 3.63) is 29.2 Å². The van der Waals surface area contributed by atoms with Crippen LogP contribution in [0.25, 0.3) is 0 Å². The molecule has 2 heterocycles. The van der Waals surface area contributed by atoms with Crippen molar-refractivity contribution in [3.8, 4) is 0 Å². The number of nitrogens with one attached hydrogen (secondary N) is 1. The molecule has 1 N–H and O–H groups in total. The number of carbonyl (C=O) groups is 2. The van der Waals surface area contributed by atoms with Gasteiger partial charge in [0.2, 0.25) is 5.91 Å². The molecule has 0 spiro atoms. The van der Waals surface area contributed by atoms with E-state index in [0.29, 0.717) is 0 Å². The van der Waals surface area contributed by atoms with Crippen molar-refractivity contribution in [1.29, 1.82) is 0 Å². The van der Waals surface area contributed by atoms with Crippen LogP contribution in [0.1, 0.15) is 41.6 Å². The molecule has 1 amide bonds. The summed E-state index contributed by atoms with van der Waals surface area (Å²) < 4.78 is 45.4. The van der Waals surface area contributed by atoms with Crippen LogP contribution in [0.15, 0.2) is 12.3 Å². The number of nitrogens with zero attached hydrogens (tertiary/aromatic N) is 4. The summed E-state index contributed by atoms with van der Waals surface area (Å²) in [6, 6.07) is -0.186. The number of amides is 1. The molecular formula is C15H18F3N5O3. The van der Waals surface area contributed by atoms with Crippen LogP contribution in [0.2, 0.25) is 0 Å². The Kier molecular flexibility index (Phi) is 5.38. The molecule has 0 aliphatic rings. The van der Waals surface area contributed by atoms with Gasteiger partial charge in [-0.2, -0.15) is 23.4 Å². The fourth-order valence-corrected chi connectivity index (χ4v) is 2.29. The summed E-state index contributed by atoms with van der Waals surface area (Å²) in [5, 5.41) is 9.84. The van der Waals surface area contributed by atoms with Gasteiger partial charge in [0.1, 0.15) is 17.4 Å². The van der Waals surface area contributed by atoms with Gasteiger partial charge in [-0.05, 0) is 26.8 Å². The number of hydrogen-bond donors (Lipinski definition) is 1. The zero-order chi connectivity index (χ0) is 19.6. The van der Waals surface area contributed by atoms with E-state index in [1.165, 1.54) is 31.8 Å². The normalized spacial score (nSPS) is 12.7. The molecule has 142 valence electrons. The molecular weight excluding hydrogens is 355 g/mol. The van der Waals surface area contributed by atoms with Gasteiger partial charge in [0.15, 0.2) is 5.69 Å². The maximum Gasteiger partial charge on any atom is 0.435 e. The van der Waals surface area contributed by atoms with Gasteiger partial charge < -0.3 is 10.1 Å². The maximum absolute atomic E-state index is 12.8. The first-order valence-corrected chi connectivity index (χ1v) is 7.69. The summed E-state index contributed by atoms with van der Waals surface area (Å²) in [6.07, 6.45) is -3.37. The zero-order valence-electron chi connectivity index (χ0n) is 14.6. The number of anilines is 1. The number of aromatic nitrogens is 4. The van der Waals surface area contributed by atoms with Gasteiger partial charge in [-0.1, -0.05) is 0 Å². The number of esters is 1. The van der Waals surface area contributed by atoms with Crippen molar-refractivity contribution in [2.45, 2.75) is 33.0 Å². The molecule has 2 aromatic heterocycles. The minimum Gasteiger partial charge on any atom is -0.462 e. The molecule has 0 saturated carbocycles. The lowest BCUT2D eigenvalue weighted by atomic mass is 10.2. The number of hydrogen-bond acceptors (Lipinski definition) is 5. The summed E-state index contributed by atoms with van der Waals surface area (Å²) in [5.41, 5.74) is -0.860. The van der Waals surface area contributed by atoms with Gasteiger partial charge in [-0.15, -0.1) is 0 Å². The van der Waals surface area contributed by atoms with Gasteiger partial charge in [-0.3, -0.25) is 14.2 Å². The van der Waals surface area contributed by atoms with Crippen molar-refractivity contribution < 1.29 is 27.5 Å². The lowest BCUT2D eigenvalue weighted by Gasteiger charge is -2.15. The van der Waals surface area contributed by atoms with Crippen LogP contribution in [0.5, 0.6) is 0 Å². The molecule has 26 heavy (non-hydrogen) atoms. The average molecular weight is 373 g/mol. The molecule has 1 atom stereocenters. The smallest absolute Gasteiger partial charge is 0.435 e. The molecule has 0 saturated heterocycles. The monoisotopic (exact) mass is 373 g/mol. The fourth-order valence-electron chi connectivity index (χ4n) is 2.29. The molecule has 1 unspecified atom stereocenters. The Morgan fingerprint density at radius 3 is 2.58 bits per heavy atom. The second kappa shape index (κ2) is 7.18. The predicted octanol–water partition coefficient (Wildman–Crippen LogP) is 2.32. The fraction of sp³-hybridized carbons (Fsp3) is 0.467. The first-order chi connectivity index (χ1) is 12.1. The molecule has 2 rings (SSSR count). The molecule has 0 aromatic carbocycles. The zero-order valence-corrected chi connectivity index (χ0v) is 14.6. The van der Waals surface area contributed by atoms with Crippen LogP contribution in [-0.2, 0) is 22.8 Å². The Balaban J connectivity index is 2.25. The molecule has 0 bridgehead atoms. The van der Waals surface area contributed by atoms with Gasteiger partial charge in [0.05, 0.1) is 12.8 Å². The van der Waals surface area contributed by atoms with Crippen LogP contribution in [0, 0.1) is 6.92 Å². The van der Waals surface area contributed by atoms with Crippen LogP contribution in [0.4, 0.5) is 19.0 Å². The third-order valence-corrected chi connectivity index (χ3v) is 3.63. The third kappa shape index (κ3) is 3.86.